The second-order valence-electron chi connectivity index (χ2n) is 9.91. The number of piperidine rings is 1. The van der Waals surface area contributed by atoms with Crippen LogP contribution in [0.5, 0.6) is 5.88 Å². The Balaban J connectivity index is 1.96. The number of halogens is 2. The Morgan fingerprint density at radius 2 is 2.03 bits per heavy atom. The van der Waals surface area contributed by atoms with Crippen molar-refractivity contribution in [3.05, 3.63) is 101 Å². The van der Waals surface area contributed by atoms with Gasteiger partial charge in [0, 0.05) is 40.6 Å². The van der Waals surface area contributed by atoms with E-state index >= 15 is 0 Å². The topological polar surface area (TPSA) is 88.5 Å². The summed E-state index contributed by atoms with van der Waals surface area (Å²) in [6, 6.07) is 13.8. The van der Waals surface area contributed by atoms with Gasteiger partial charge in [-0.3, -0.25) is 0 Å². The van der Waals surface area contributed by atoms with Crippen LogP contribution in [0, 0.1) is 5.92 Å². The van der Waals surface area contributed by atoms with E-state index in [1.54, 1.807) is 30.3 Å². The van der Waals surface area contributed by atoms with Crippen LogP contribution in [0.3, 0.4) is 0 Å². The zero-order chi connectivity index (χ0) is 28.4. The van der Waals surface area contributed by atoms with Gasteiger partial charge in [0.05, 0.1) is 23.1 Å². The van der Waals surface area contributed by atoms with E-state index in [9.17, 15) is 17.9 Å². The van der Waals surface area contributed by atoms with Gasteiger partial charge in [0.15, 0.2) is 9.84 Å². The van der Waals surface area contributed by atoms with E-state index in [0.717, 1.165) is 11.8 Å². The molecule has 6 nitrogen and oxygen atoms in total. The van der Waals surface area contributed by atoms with E-state index < -0.39 is 27.2 Å². The number of aliphatic hydroxyl groups is 1. The maximum Gasteiger partial charge on any atom is 0.217 e. The van der Waals surface area contributed by atoms with E-state index in [1.807, 2.05) is 18.2 Å². The Kier molecular flexibility index (Phi) is 8.61. The van der Waals surface area contributed by atoms with Gasteiger partial charge in [-0.1, -0.05) is 43.0 Å². The van der Waals surface area contributed by atoms with E-state index in [4.69, 9.17) is 16.3 Å². The van der Waals surface area contributed by atoms with Crippen LogP contribution in [0.4, 0.5) is 4.39 Å². The summed E-state index contributed by atoms with van der Waals surface area (Å²) < 4.78 is 44.0. The van der Waals surface area contributed by atoms with Crippen LogP contribution in [0.15, 0.2) is 90.1 Å². The predicted octanol–water partition coefficient (Wildman–Crippen LogP) is 5.76. The lowest BCUT2D eigenvalue weighted by Gasteiger charge is -2.46. The van der Waals surface area contributed by atoms with Crippen molar-refractivity contribution < 1.29 is 22.7 Å². The number of fused-ring (bicyclic) bond motifs is 1. The number of nitrogens with zero attached hydrogens (tertiary/aromatic N) is 1. The number of aromatic nitrogens is 1. The third-order valence-corrected chi connectivity index (χ3v) is 8.66. The Morgan fingerprint density at radius 3 is 2.64 bits per heavy atom. The zero-order valence-corrected chi connectivity index (χ0v) is 23.5. The van der Waals surface area contributed by atoms with Crippen LogP contribution in [-0.4, -0.2) is 50.6 Å². The summed E-state index contributed by atoms with van der Waals surface area (Å²) >= 11 is 6.22. The molecular weight excluding hydrogens is 539 g/mol. The Hall–Kier alpha value is -3.04. The maximum absolute atomic E-state index is 13.7. The minimum atomic E-state index is -3.45. The first-order chi connectivity index (χ1) is 18.5. The summed E-state index contributed by atoms with van der Waals surface area (Å²) in [5.74, 6) is -1.25. The number of benzene rings is 2. The Labute approximate surface area is 233 Å². The predicted molar refractivity (Wildman–Crippen MR) is 154 cm³/mol. The molecule has 1 aromatic heterocycles. The summed E-state index contributed by atoms with van der Waals surface area (Å²) in [7, 11) is -1.94. The Morgan fingerprint density at radius 1 is 1.31 bits per heavy atom. The van der Waals surface area contributed by atoms with Crippen molar-refractivity contribution in [3.8, 4) is 5.88 Å². The number of pyridine rings is 1. The van der Waals surface area contributed by atoms with Crippen molar-refractivity contribution in [2.24, 2.45) is 5.92 Å². The van der Waals surface area contributed by atoms with E-state index in [-0.39, 0.29) is 10.8 Å². The number of allylic oxidation sites excluding steroid dienone is 4. The smallest absolute Gasteiger partial charge is 0.217 e. The van der Waals surface area contributed by atoms with Gasteiger partial charge < -0.3 is 15.2 Å². The minimum Gasteiger partial charge on any atom is -0.481 e. The number of rotatable bonds is 9. The average molecular weight is 571 g/mol. The molecule has 1 aliphatic rings. The number of nitrogens with one attached hydrogen (secondary N) is 1. The third kappa shape index (κ3) is 6.25. The highest BCUT2D eigenvalue weighted by Crippen LogP contribution is 2.48. The van der Waals surface area contributed by atoms with Gasteiger partial charge in [0.2, 0.25) is 5.88 Å². The van der Waals surface area contributed by atoms with Crippen molar-refractivity contribution in [1.29, 1.82) is 0 Å². The molecule has 1 fully saturated rings. The molecule has 0 aliphatic carbocycles. The average Bonchev–Trinajstić information content (AvgIpc) is 2.89. The summed E-state index contributed by atoms with van der Waals surface area (Å²) in [6.07, 6.45) is 4.78. The fourth-order valence-electron chi connectivity index (χ4n) is 5.41. The molecule has 3 unspecified atom stereocenters. The monoisotopic (exact) mass is 570 g/mol. The molecule has 3 aromatic rings. The van der Waals surface area contributed by atoms with Gasteiger partial charge in [-0.2, -0.15) is 0 Å². The molecular formula is C30H32ClFN2O4S. The van der Waals surface area contributed by atoms with Gasteiger partial charge >= 0.3 is 0 Å². The lowest BCUT2D eigenvalue weighted by molar-refractivity contribution is -0.0541. The number of ether oxygens (including phenoxy) is 1. The molecule has 3 atom stereocenters. The second kappa shape index (κ2) is 11.6. The first-order valence-corrected chi connectivity index (χ1v) is 14.8. The van der Waals surface area contributed by atoms with E-state index in [0.29, 0.717) is 58.9 Å². The van der Waals surface area contributed by atoms with Crippen molar-refractivity contribution in [3.63, 3.8) is 0 Å². The van der Waals surface area contributed by atoms with Crippen LogP contribution in [0.25, 0.3) is 10.9 Å². The van der Waals surface area contributed by atoms with Crippen molar-refractivity contribution >= 4 is 32.3 Å². The molecule has 0 bridgehead atoms. The first-order valence-electron chi connectivity index (χ1n) is 12.5. The Bertz CT molecular complexity index is 1540. The number of hydrogen-bond donors (Lipinski definition) is 2. The van der Waals surface area contributed by atoms with Crippen molar-refractivity contribution in [2.45, 2.75) is 29.3 Å². The van der Waals surface area contributed by atoms with Crippen LogP contribution in [-0.2, 0) is 9.84 Å². The van der Waals surface area contributed by atoms with Gasteiger partial charge in [-0.05, 0) is 73.0 Å². The number of hydrogen-bond acceptors (Lipinski definition) is 6. The fraction of sp³-hybridized carbons (Fsp3) is 0.300. The molecule has 0 amide bonds. The fourth-order valence-corrected chi connectivity index (χ4v) is 6.19. The molecule has 0 radical (unpaired) electrons. The third-order valence-electron chi connectivity index (χ3n) is 7.30. The quantitative estimate of drug-likeness (QED) is 0.318. The van der Waals surface area contributed by atoms with Gasteiger partial charge in [-0.25, -0.2) is 17.8 Å². The van der Waals surface area contributed by atoms with Crippen molar-refractivity contribution in [2.75, 3.05) is 26.5 Å². The second-order valence-corrected chi connectivity index (χ2v) is 12.4. The van der Waals surface area contributed by atoms with Gasteiger partial charge in [0.25, 0.3) is 0 Å². The van der Waals surface area contributed by atoms with Crippen LogP contribution in [0.1, 0.15) is 29.9 Å². The first kappa shape index (κ1) is 29.0. The molecule has 0 spiro atoms. The maximum atomic E-state index is 13.7. The highest BCUT2D eigenvalue weighted by Gasteiger charge is 2.48. The van der Waals surface area contributed by atoms with E-state index in [1.165, 1.54) is 19.3 Å². The normalized spacial score (nSPS) is 20.9. The summed E-state index contributed by atoms with van der Waals surface area (Å²) in [6.45, 7) is 8.19. The standard InChI is InChI=1S/C30H32ClFN2O4S/c1-5-20(14-19(2)32)15-23-18-33-13-12-30(23,35)28(21-6-8-24(31)9-7-21)26-17-22-16-25(39(4,36)37)10-11-27(22)34-29(26)38-3/h5-11,14,16-17,23,28,33,35H,1-2,12-13,15,18H2,3-4H3/b20-14+. The molecule has 206 valence electrons. The summed E-state index contributed by atoms with van der Waals surface area (Å²) in [5.41, 5.74) is 1.24. The van der Waals surface area contributed by atoms with Crippen LogP contribution >= 0.6 is 11.6 Å². The lowest BCUT2D eigenvalue weighted by Crippen LogP contribution is -2.54. The molecule has 2 N–H and O–H groups in total. The highest BCUT2D eigenvalue weighted by atomic mass is 35.5. The van der Waals surface area contributed by atoms with Gasteiger partial charge in [0.1, 0.15) is 5.83 Å². The molecule has 1 saturated heterocycles. The van der Waals surface area contributed by atoms with Gasteiger partial charge in [-0.15, -0.1) is 0 Å². The van der Waals surface area contributed by atoms with Crippen LogP contribution in [0.2, 0.25) is 5.02 Å². The molecule has 39 heavy (non-hydrogen) atoms. The van der Waals surface area contributed by atoms with Crippen LogP contribution < -0.4 is 10.1 Å². The zero-order valence-electron chi connectivity index (χ0n) is 22.0. The summed E-state index contributed by atoms with van der Waals surface area (Å²) in [4.78, 5) is 4.86. The molecule has 2 aromatic carbocycles. The molecule has 0 saturated carbocycles. The largest absolute Gasteiger partial charge is 0.481 e. The molecule has 4 rings (SSSR count). The highest BCUT2D eigenvalue weighted by molar-refractivity contribution is 7.90. The van der Waals surface area contributed by atoms with E-state index in [2.05, 4.69) is 23.5 Å². The van der Waals surface area contributed by atoms with Crippen molar-refractivity contribution in [1.82, 2.24) is 10.3 Å². The number of methoxy groups -OCH3 is 1. The SMILES string of the molecule is C=C/C(=C\C(=C)F)CC1CNCCC1(O)C(c1ccc(Cl)cc1)c1cc2cc(S(C)(=O)=O)ccc2nc1OC. The summed E-state index contributed by atoms with van der Waals surface area (Å²) in [5, 5.41) is 17.1. The number of sulfone groups is 1. The molecule has 2 heterocycles. The lowest BCUT2D eigenvalue weighted by atomic mass is 9.66. The minimum absolute atomic E-state index is 0.168. The molecule has 1 aliphatic heterocycles. The molecule has 9 heteroatoms.